The van der Waals surface area contributed by atoms with E-state index in [0.717, 1.165) is 32.5 Å². The highest BCUT2D eigenvalue weighted by atomic mass is 16.7. The highest BCUT2D eigenvalue weighted by molar-refractivity contribution is 4.47. The molecule has 0 bridgehead atoms. The molecule has 0 aliphatic heterocycles. The van der Waals surface area contributed by atoms with Gasteiger partial charge in [0.1, 0.15) is 0 Å². The van der Waals surface area contributed by atoms with E-state index in [1.807, 2.05) is 0 Å². The summed E-state index contributed by atoms with van der Waals surface area (Å²) in [6.07, 6.45) is 3.17. The van der Waals surface area contributed by atoms with Crippen molar-refractivity contribution in [3.63, 3.8) is 0 Å². The zero-order valence-corrected chi connectivity index (χ0v) is 11.1. The zero-order chi connectivity index (χ0) is 11.7. The Morgan fingerprint density at radius 2 is 1.20 bits per heavy atom. The first-order chi connectivity index (χ1) is 7.06. The summed E-state index contributed by atoms with van der Waals surface area (Å²) in [7, 11) is 0. The Hall–Kier alpha value is -0.0800. The molecular formula is C13H28O2. The first kappa shape index (κ1) is 14.9. The summed E-state index contributed by atoms with van der Waals surface area (Å²) in [4.78, 5) is 0. The SMILES string of the molecule is CCC(OCCC(C)C)OCCC(C)C. The molecule has 0 fully saturated rings. The van der Waals surface area contributed by atoms with Crippen LogP contribution in [-0.2, 0) is 9.47 Å². The molecule has 0 spiro atoms. The Morgan fingerprint density at radius 1 is 0.800 bits per heavy atom. The molecule has 2 nitrogen and oxygen atoms in total. The van der Waals surface area contributed by atoms with Gasteiger partial charge in [0.05, 0.1) is 0 Å². The van der Waals surface area contributed by atoms with Crippen LogP contribution in [0.25, 0.3) is 0 Å². The fourth-order valence-electron chi connectivity index (χ4n) is 1.15. The third-order valence-electron chi connectivity index (χ3n) is 2.33. The van der Waals surface area contributed by atoms with Gasteiger partial charge in [-0.25, -0.2) is 0 Å². The molecule has 0 aliphatic carbocycles. The number of hydrogen-bond donors (Lipinski definition) is 0. The maximum atomic E-state index is 5.66. The molecule has 0 N–H and O–H groups in total. The van der Waals surface area contributed by atoms with Crippen LogP contribution < -0.4 is 0 Å². The Morgan fingerprint density at radius 3 is 1.47 bits per heavy atom. The van der Waals surface area contributed by atoms with Gasteiger partial charge in [0, 0.05) is 13.2 Å². The molecule has 0 atom stereocenters. The number of hydrogen-bond acceptors (Lipinski definition) is 2. The third kappa shape index (κ3) is 10.2. The van der Waals surface area contributed by atoms with Crippen molar-refractivity contribution in [2.45, 2.75) is 60.2 Å². The summed E-state index contributed by atoms with van der Waals surface area (Å²) in [5, 5.41) is 0. The second-order valence-electron chi connectivity index (χ2n) is 4.94. The van der Waals surface area contributed by atoms with Gasteiger partial charge in [0.15, 0.2) is 6.29 Å². The molecule has 0 amide bonds. The standard InChI is InChI=1S/C13H28O2/c1-6-13(14-9-7-11(2)3)15-10-8-12(4)5/h11-13H,6-10H2,1-5H3. The van der Waals surface area contributed by atoms with Crippen LogP contribution in [0.15, 0.2) is 0 Å². The first-order valence-corrected chi connectivity index (χ1v) is 6.29. The van der Waals surface area contributed by atoms with Crippen molar-refractivity contribution in [2.75, 3.05) is 13.2 Å². The summed E-state index contributed by atoms with van der Waals surface area (Å²) < 4.78 is 11.3. The van der Waals surface area contributed by atoms with Gasteiger partial charge in [-0.1, -0.05) is 34.6 Å². The number of ether oxygens (including phenoxy) is 2. The summed E-state index contributed by atoms with van der Waals surface area (Å²) >= 11 is 0. The Kier molecular flexibility index (Phi) is 9.12. The van der Waals surface area contributed by atoms with E-state index in [0.29, 0.717) is 11.8 Å². The van der Waals surface area contributed by atoms with E-state index in [4.69, 9.17) is 9.47 Å². The highest BCUT2D eigenvalue weighted by Gasteiger charge is 2.07. The summed E-state index contributed by atoms with van der Waals surface area (Å²) in [5.74, 6) is 1.41. The fourth-order valence-corrected chi connectivity index (χ4v) is 1.15. The van der Waals surface area contributed by atoms with Crippen molar-refractivity contribution in [1.29, 1.82) is 0 Å². The fraction of sp³-hybridized carbons (Fsp3) is 1.00. The number of rotatable bonds is 9. The van der Waals surface area contributed by atoms with E-state index < -0.39 is 0 Å². The van der Waals surface area contributed by atoms with Gasteiger partial charge in [-0.05, 0) is 31.1 Å². The van der Waals surface area contributed by atoms with Crippen LogP contribution >= 0.6 is 0 Å². The van der Waals surface area contributed by atoms with Crippen molar-refractivity contribution in [2.24, 2.45) is 11.8 Å². The van der Waals surface area contributed by atoms with Gasteiger partial charge < -0.3 is 9.47 Å². The largest absolute Gasteiger partial charge is 0.353 e. The Bertz CT molecular complexity index is 118. The normalized spacial score (nSPS) is 12.0. The predicted molar refractivity (Wildman–Crippen MR) is 64.9 cm³/mol. The van der Waals surface area contributed by atoms with E-state index in [1.54, 1.807) is 0 Å². The topological polar surface area (TPSA) is 18.5 Å². The average Bonchev–Trinajstić information content (AvgIpc) is 2.14. The van der Waals surface area contributed by atoms with E-state index in [1.165, 1.54) is 0 Å². The van der Waals surface area contributed by atoms with E-state index in [-0.39, 0.29) is 6.29 Å². The molecule has 0 rings (SSSR count). The molecule has 0 heterocycles. The van der Waals surface area contributed by atoms with Gasteiger partial charge >= 0.3 is 0 Å². The first-order valence-electron chi connectivity index (χ1n) is 6.29. The van der Waals surface area contributed by atoms with Gasteiger partial charge in [-0.3, -0.25) is 0 Å². The second kappa shape index (κ2) is 9.17. The monoisotopic (exact) mass is 216 g/mol. The highest BCUT2D eigenvalue weighted by Crippen LogP contribution is 2.07. The maximum Gasteiger partial charge on any atom is 0.157 e. The maximum absolute atomic E-state index is 5.66. The third-order valence-corrected chi connectivity index (χ3v) is 2.33. The molecule has 15 heavy (non-hydrogen) atoms. The van der Waals surface area contributed by atoms with Gasteiger partial charge in [0.25, 0.3) is 0 Å². The molecule has 92 valence electrons. The lowest BCUT2D eigenvalue weighted by molar-refractivity contribution is -0.146. The molecule has 2 heteroatoms. The van der Waals surface area contributed by atoms with Crippen molar-refractivity contribution in [3.8, 4) is 0 Å². The van der Waals surface area contributed by atoms with Crippen molar-refractivity contribution in [1.82, 2.24) is 0 Å². The van der Waals surface area contributed by atoms with E-state index in [9.17, 15) is 0 Å². The minimum atomic E-state index is 0.00231. The molecule has 0 aromatic carbocycles. The molecule has 0 saturated carbocycles. The minimum Gasteiger partial charge on any atom is -0.353 e. The quantitative estimate of drug-likeness (QED) is 0.545. The lowest BCUT2D eigenvalue weighted by atomic mass is 10.1. The molecule has 0 unspecified atom stereocenters. The smallest absolute Gasteiger partial charge is 0.157 e. The van der Waals surface area contributed by atoms with Crippen LogP contribution in [0.2, 0.25) is 0 Å². The predicted octanol–water partition coefficient (Wildman–Crippen LogP) is 3.85. The van der Waals surface area contributed by atoms with Crippen LogP contribution in [0.4, 0.5) is 0 Å². The van der Waals surface area contributed by atoms with E-state index in [2.05, 4.69) is 34.6 Å². The zero-order valence-electron chi connectivity index (χ0n) is 11.1. The van der Waals surface area contributed by atoms with Gasteiger partial charge in [-0.2, -0.15) is 0 Å². The average molecular weight is 216 g/mol. The van der Waals surface area contributed by atoms with Gasteiger partial charge in [0.2, 0.25) is 0 Å². The van der Waals surface area contributed by atoms with Crippen molar-refractivity contribution in [3.05, 3.63) is 0 Å². The summed E-state index contributed by atoms with van der Waals surface area (Å²) in [6, 6.07) is 0. The molecule has 0 aromatic rings. The van der Waals surface area contributed by atoms with Crippen molar-refractivity contribution < 1.29 is 9.47 Å². The van der Waals surface area contributed by atoms with Crippen LogP contribution in [0.5, 0.6) is 0 Å². The lowest BCUT2D eigenvalue weighted by Gasteiger charge is -2.18. The Labute approximate surface area is 95.3 Å². The summed E-state index contributed by atoms with van der Waals surface area (Å²) in [5.41, 5.74) is 0. The Balaban J connectivity index is 3.46. The molecule has 0 aromatic heterocycles. The minimum absolute atomic E-state index is 0.00231. The van der Waals surface area contributed by atoms with Crippen LogP contribution in [0, 0.1) is 11.8 Å². The second-order valence-corrected chi connectivity index (χ2v) is 4.94. The van der Waals surface area contributed by atoms with Crippen LogP contribution in [-0.4, -0.2) is 19.5 Å². The van der Waals surface area contributed by atoms with Crippen LogP contribution in [0.3, 0.4) is 0 Å². The molecule has 0 radical (unpaired) electrons. The van der Waals surface area contributed by atoms with Gasteiger partial charge in [-0.15, -0.1) is 0 Å². The van der Waals surface area contributed by atoms with Crippen molar-refractivity contribution >= 4 is 0 Å². The lowest BCUT2D eigenvalue weighted by Crippen LogP contribution is -2.18. The van der Waals surface area contributed by atoms with Crippen LogP contribution in [0.1, 0.15) is 53.9 Å². The summed E-state index contributed by atoms with van der Waals surface area (Å²) in [6.45, 7) is 12.6. The molecule has 0 aliphatic rings. The van der Waals surface area contributed by atoms with E-state index >= 15 is 0 Å². The molecular weight excluding hydrogens is 188 g/mol. The molecule has 0 saturated heterocycles.